The van der Waals surface area contributed by atoms with Crippen molar-refractivity contribution in [3.8, 4) is 0 Å². The summed E-state index contributed by atoms with van der Waals surface area (Å²) < 4.78 is 5.13. The number of nitrogen functional groups attached to an aromatic ring is 1. The van der Waals surface area contributed by atoms with Crippen LogP contribution in [0.5, 0.6) is 0 Å². The molecule has 1 saturated carbocycles. The highest BCUT2D eigenvalue weighted by molar-refractivity contribution is 5.75. The van der Waals surface area contributed by atoms with Gasteiger partial charge in [0.1, 0.15) is 11.4 Å². The molecule has 6 nitrogen and oxygen atoms in total. The molecule has 1 atom stereocenters. The highest BCUT2D eigenvalue weighted by Gasteiger charge is 2.34. The van der Waals surface area contributed by atoms with Crippen molar-refractivity contribution < 1.29 is 9.66 Å². The first-order chi connectivity index (χ1) is 9.56. The predicted molar refractivity (Wildman–Crippen MR) is 78.9 cm³/mol. The van der Waals surface area contributed by atoms with Gasteiger partial charge in [-0.25, -0.2) is 0 Å². The second kappa shape index (κ2) is 6.09. The number of nitrogens with zero attached hydrogens (tertiary/aromatic N) is 2. The van der Waals surface area contributed by atoms with Crippen LogP contribution in [-0.2, 0) is 4.74 Å². The minimum absolute atomic E-state index is 0.00361. The van der Waals surface area contributed by atoms with Crippen LogP contribution in [0.2, 0.25) is 0 Å². The molecule has 1 aliphatic carbocycles. The van der Waals surface area contributed by atoms with Crippen molar-refractivity contribution in [2.24, 2.45) is 5.92 Å². The van der Waals surface area contributed by atoms with E-state index in [1.54, 1.807) is 25.3 Å². The van der Waals surface area contributed by atoms with E-state index in [0.717, 1.165) is 0 Å². The Morgan fingerprint density at radius 2 is 2.25 bits per heavy atom. The standard InChI is InChI=1S/C14H21N3O3/c1-10(11-6-7-11)16(8-9-20-2)13-5-3-4-12(15)14(13)17(18)19/h3-5,10-11H,6-9,15H2,1-2H3. The Bertz CT molecular complexity index is 489. The molecule has 1 aliphatic rings. The van der Waals surface area contributed by atoms with Crippen LogP contribution in [0.25, 0.3) is 0 Å². The fourth-order valence-corrected chi connectivity index (χ4v) is 2.55. The van der Waals surface area contributed by atoms with Crippen LogP contribution in [0.15, 0.2) is 18.2 Å². The molecule has 0 spiro atoms. The van der Waals surface area contributed by atoms with Gasteiger partial charge in [0.15, 0.2) is 0 Å². The van der Waals surface area contributed by atoms with E-state index in [2.05, 4.69) is 11.8 Å². The van der Waals surface area contributed by atoms with Crippen molar-refractivity contribution in [2.45, 2.75) is 25.8 Å². The second-order valence-electron chi connectivity index (χ2n) is 5.24. The van der Waals surface area contributed by atoms with Crippen LogP contribution < -0.4 is 10.6 Å². The summed E-state index contributed by atoms with van der Waals surface area (Å²) in [6.07, 6.45) is 2.36. The molecule has 0 aliphatic heterocycles. The van der Waals surface area contributed by atoms with Crippen LogP contribution in [0, 0.1) is 16.0 Å². The van der Waals surface area contributed by atoms with Gasteiger partial charge >= 0.3 is 5.69 Å². The van der Waals surface area contributed by atoms with Crippen LogP contribution >= 0.6 is 0 Å². The van der Waals surface area contributed by atoms with Crippen LogP contribution in [0.4, 0.5) is 17.1 Å². The summed E-state index contributed by atoms with van der Waals surface area (Å²) in [5.74, 6) is 0.605. The summed E-state index contributed by atoms with van der Waals surface area (Å²) >= 11 is 0. The topological polar surface area (TPSA) is 81.6 Å². The Morgan fingerprint density at radius 3 is 2.80 bits per heavy atom. The van der Waals surface area contributed by atoms with E-state index in [1.165, 1.54) is 12.8 Å². The summed E-state index contributed by atoms with van der Waals surface area (Å²) in [4.78, 5) is 12.9. The third-order valence-electron chi connectivity index (χ3n) is 3.87. The molecule has 20 heavy (non-hydrogen) atoms. The van der Waals surface area contributed by atoms with E-state index in [4.69, 9.17) is 10.5 Å². The number of para-hydroxylation sites is 1. The van der Waals surface area contributed by atoms with Crippen molar-refractivity contribution >= 4 is 17.1 Å². The Morgan fingerprint density at radius 1 is 1.55 bits per heavy atom. The fourth-order valence-electron chi connectivity index (χ4n) is 2.55. The zero-order valence-electron chi connectivity index (χ0n) is 11.9. The fraction of sp³-hybridized carbons (Fsp3) is 0.571. The normalized spacial score (nSPS) is 15.9. The van der Waals surface area contributed by atoms with E-state index in [-0.39, 0.29) is 17.4 Å². The molecule has 2 N–H and O–H groups in total. The molecule has 6 heteroatoms. The number of nitro groups is 1. The van der Waals surface area contributed by atoms with E-state index in [1.807, 2.05) is 0 Å². The van der Waals surface area contributed by atoms with E-state index < -0.39 is 4.92 Å². The van der Waals surface area contributed by atoms with Crippen LogP contribution in [-0.4, -0.2) is 31.2 Å². The molecule has 1 unspecified atom stereocenters. The molecule has 1 fully saturated rings. The number of nitro benzene ring substituents is 1. The van der Waals surface area contributed by atoms with Crippen molar-refractivity contribution in [1.29, 1.82) is 0 Å². The van der Waals surface area contributed by atoms with Gasteiger partial charge in [0.05, 0.1) is 11.5 Å². The molecule has 1 aromatic carbocycles. The Labute approximate surface area is 118 Å². The molecule has 0 bridgehead atoms. The van der Waals surface area contributed by atoms with Crippen molar-refractivity contribution in [3.63, 3.8) is 0 Å². The minimum atomic E-state index is -0.399. The number of hydrogen-bond acceptors (Lipinski definition) is 5. The highest BCUT2D eigenvalue weighted by Crippen LogP contribution is 2.40. The third kappa shape index (κ3) is 3.01. The molecule has 0 heterocycles. The van der Waals surface area contributed by atoms with Gasteiger partial charge < -0.3 is 15.4 Å². The van der Waals surface area contributed by atoms with Gasteiger partial charge in [0, 0.05) is 19.7 Å². The van der Waals surface area contributed by atoms with Gasteiger partial charge in [-0.1, -0.05) is 6.07 Å². The maximum atomic E-state index is 11.3. The van der Waals surface area contributed by atoms with E-state index in [0.29, 0.717) is 24.8 Å². The maximum absolute atomic E-state index is 11.3. The summed E-state index contributed by atoms with van der Waals surface area (Å²) in [5, 5.41) is 11.3. The summed E-state index contributed by atoms with van der Waals surface area (Å²) in [6, 6.07) is 5.35. The maximum Gasteiger partial charge on any atom is 0.315 e. The Kier molecular flexibility index (Phi) is 4.44. The lowest BCUT2D eigenvalue weighted by atomic mass is 10.1. The minimum Gasteiger partial charge on any atom is -0.393 e. The highest BCUT2D eigenvalue weighted by atomic mass is 16.6. The van der Waals surface area contributed by atoms with Crippen molar-refractivity contribution in [1.82, 2.24) is 0 Å². The number of methoxy groups -OCH3 is 1. The first-order valence-corrected chi connectivity index (χ1v) is 6.84. The number of ether oxygens (including phenoxy) is 1. The van der Waals surface area contributed by atoms with Gasteiger partial charge in [0.25, 0.3) is 0 Å². The second-order valence-corrected chi connectivity index (χ2v) is 5.24. The average Bonchev–Trinajstić information content (AvgIpc) is 3.22. The Hall–Kier alpha value is -1.82. The molecule has 1 aromatic rings. The van der Waals surface area contributed by atoms with Crippen LogP contribution in [0.3, 0.4) is 0 Å². The van der Waals surface area contributed by atoms with E-state index in [9.17, 15) is 10.1 Å². The number of rotatable bonds is 7. The summed E-state index contributed by atoms with van der Waals surface area (Å²) in [6.45, 7) is 3.27. The van der Waals surface area contributed by atoms with Crippen molar-refractivity contribution in [2.75, 3.05) is 30.9 Å². The van der Waals surface area contributed by atoms with Crippen LogP contribution in [0.1, 0.15) is 19.8 Å². The first kappa shape index (κ1) is 14.6. The average molecular weight is 279 g/mol. The first-order valence-electron chi connectivity index (χ1n) is 6.84. The van der Waals surface area contributed by atoms with Crippen molar-refractivity contribution in [3.05, 3.63) is 28.3 Å². The lowest BCUT2D eigenvalue weighted by molar-refractivity contribution is -0.383. The lowest BCUT2D eigenvalue weighted by Gasteiger charge is -2.31. The molecule has 0 aromatic heterocycles. The van der Waals surface area contributed by atoms with Gasteiger partial charge in [-0.3, -0.25) is 10.1 Å². The molecule has 110 valence electrons. The molecule has 0 saturated heterocycles. The Balaban J connectivity index is 2.36. The largest absolute Gasteiger partial charge is 0.393 e. The number of hydrogen-bond donors (Lipinski definition) is 1. The lowest BCUT2D eigenvalue weighted by Crippen LogP contribution is -2.37. The molecule has 2 rings (SSSR count). The van der Waals surface area contributed by atoms with E-state index >= 15 is 0 Å². The number of nitrogens with two attached hydrogens (primary N) is 1. The zero-order chi connectivity index (χ0) is 14.7. The zero-order valence-corrected chi connectivity index (χ0v) is 11.9. The smallest absolute Gasteiger partial charge is 0.315 e. The quantitative estimate of drug-likeness (QED) is 0.471. The monoisotopic (exact) mass is 279 g/mol. The molecule has 0 amide bonds. The third-order valence-corrected chi connectivity index (χ3v) is 3.87. The predicted octanol–water partition coefficient (Wildman–Crippen LogP) is 2.43. The molecular formula is C14H21N3O3. The van der Waals surface area contributed by atoms with Gasteiger partial charge in [0.2, 0.25) is 0 Å². The SMILES string of the molecule is COCCN(c1cccc(N)c1[N+](=O)[O-])C(C)C1CC1. The van der Waals surface area contributed by atoms with Gasteiger partial charge in [-0.15, -0.1) is 0 Å². The summed E-state index contributed by atoms with van der Waals surface area (Å²) in [5.41, 5.74) is 6.57. The number of anilines is 2. The summed E-state index contributed by atoms with van der Waals surface area (Å²) in [7, 11) is 1.63. The molecule has 0 radical (unpaired) electrons. The van der Waals surface area contributed by atoms with Gasteiger partial charge in [-0.05, 0) is 37.8 Å². The van der Waals surface area contributed by atoms with Gasteiger partial charge in [-0.2, -0.15) is 0 Å². The number of benzene rings is 1. The molecular weight excluding hydrogens is 258 g/mol.